The van der Waals surface area contributed by atoms with Crippen LogP contribution in [0, 0.1) is 17.8 Å². The third-order valence-electron chi connectivity index (χ3n) is 9.77. The van der Waals surface area contributed by atoms with Crippen molar-refractivity contribution in [1.29, 1.82) is 0 Å². The lowest BCUT2D eigenvalue weighted by Gasteiger charge is -2.45. The fourth-order valence-corrected chi connectivity index (χ4v) is 7.07. The van der Waals surface area contributed by atoms with Gasteiger partial charge in [-0.3, -0.25) is 19.5 Å². The zero-order valence-corrected chi connectivity index (χ0v) is 26.9. The molecule has 2 amide bonds. The molecule has 7 atom stereocenters. The smallest absolute Gasteiger partial charge is 0.232 e. The van der Waals surface area contributed by atoms with Crippen molar-refractivity contribution < 1.29 is 23.1 Å². The van der Waals surface area contributed by atoms with E-state index >= 15 is 4.39 Å². The van der Waals surface area contributed by atoms with Crippen LogP contribution in [0.4, 0.5) is 8.78 Å². The molecule has 4 heterocycles. The molecule has 0 bridgehead atoms. The molecule has 0 radical (unpaired) electrons. The van der Waals surface area contributed by atoms with Crippen molar-refractivity contribution >= 4 is 17.5 Å². The molecule has 0 aromatic rings. The summed E-state index contributed by atoms with van der Waals surface area (Å²) < 4.78 is 35.7. The van der Waals surface area contributed by atoms with E-state index in [0.717, 1.165) is 31.4 Å². The van der Waals surface area contributed by atoms with Crippen molar-refractivity contribution in [2.75, 3.05) is 59.0 Å². The third kappa shape index (κ3) is 9.20. The highest BCUT2D eigenvalue weighted by atomic mass is 19.1. The second-order valence-electron chi connectivity index (χ2n) is 13.0. The molecule has 3 fully saturated rings. The van der Waals surface area contributed by atoms with Gasteiger partial charge in [-0.25, -0.2) is 8.78 Å². The molecule has 10 nitrogen and oxygen atoms in total. The Balaban J connectivity index is 1.43. The summed E-state index contributed by atoms with van der Waals surface area (Å²) in [5.74, 6) is -0.949. The predicted octanol–water partition coefficient (Wildman–Crippen LogP) is 2.15. The van der Waals surface area contributed by atoms with Crippen LogP contribution < -0.4 is 21.7 Å². The number of carbonyl (C=O) groups is 2. The SMILES string of the molecule is CCCCCC(C)/C1=C/CC(F)CN=C(C)C(C(=O)NC2CNCC(F)C2N2CCC(C(=O)N3CCOCC3)CC2)C(N)N1. The van der Waals surface area contributed by atoms with Gasteiger partial charge < -0.3 is 31.3 Å². The number of nitrogens with two attached hydrogens (primary N) is 1. The van der Waals surface area contributed by atoms with Gasteiger partial charge in [-0.15, -0.1) is 0 Å². The third-order valence-corrected chi connectivity index (χ3v) is 9.77. The number of nitrogens with zero attached hydrogens (tertiary/aromatic N) is 3. The van der Waals surface area contributed by atoms with Gasteiger partial charge in [-0.05, 0) is 45.2 Å². The number of amides is 2. The number of ether oxygens (including phenoxy) is 1. The van der Waals surface area contributed by atoms with Crippen molar-refractivity contribution in [3.63, 3.8) is 0 Å². The van der Waals surface area contributed by atoms with Crippen molar-refractivity contribution in [3.8, 4) is 0 Å². The summed E-state index contributed by atoms with van der Waals surface area (Å²) in [6.45, 7) is 10.1. The van der Waals surface area contributed by atoms with Gasteiger partial charge in [-0.1, -0.05) is 39.2 Å². The molecule has 4 aliphatic heterocycles. The van der Waals surface area contributed by atoms with Crippen LogP contribution in [0.5, 0.6) is 0 Å². The highest BCUT2D eigenvalue weighted by Crippen LogP contribution is 2.26. The summed E-state index contributed by atoms with van der Waals surface area (Å²) in [5, 5.41) is 9.58. The van der Waals surface area contributed by atoms with Gasteiger partial charge in [0, 0.05) is 49.9 Å². The summed E-state index contributed by atoms with van der Waals surface area (Å²) in [6, 6.07) is -1.02. The molecule has 7 unspecified atom stereocenters. The first-order valence-electron chi connectivity index (χ1n) is 16.8. The Morgan fingerprint density at radius 3 is 2.59 bits per heavy atom. The lowest BCUT2D eigenvalue weighted by atomic mass is 9.89. The van der Waals surface area contributed by atoms with Gasteiger partial charge in [0.25, 0.3) is 0 Å². The number of hydrogen-bond acceptors (Lipinski definition) is 8. The van der Waals surface area contributed by atoms with Crippen molar-refractivity contribution in [3.05, 3.63) is 11.8 Å². The van der Waals surface area contributed by atoms with Crippen LogP contribution in [-0.4, -0.2) is 117 Å². The maximum absolute atomic E-state index is 15.5. The number of halogens is 2. The summed E-state index contributed by atoms with van der Waals surface area (Å²) in [5.41, 5.74) is 7.98. The first kappa shape index (κ1) is 34.7. The second kappa shape index (κ2) is 17.0. The second-order valence-corrected chi connectivity index (χ2v) is 13.0. The van der Waals surface area contributed by atoms with E-state index in [1.54, 1.807) is 6.92 Å². The number of unbranched alkanes of at least 4 members (excludes halogenated alkanes) is 2. The van der Waals surface area contributed by atoms with Crippen LogP contribution in [0.2, 0.25) is 0 Å². The number of piperidine rings is 2. The fourth-order valence-electron chi connectivity index (χ4n) is 7.07. The number of allylic oxidation sites excluding steroid dienone is 2. The van der Waals surface area contributed by atoms with Crippen LogP contribution in [0.3, 0.4) is 0 Å². The Bertz CT molecular complexity index is 1000. The molecule has 0 spiro atoms. The molecular formula is C32H55F2N7O3. The molecule has 0 saturated carbocycles. The molecule has 4 rings (SSSR count). The largest absolute Gasteiger partial charge is 0.378 e. The van der Waals surface area contributed by atoms with Crippen LogP contribution >= 0.6 is 0 Å². The Kier molecular flexibility index (Phi) is 13.4. The van der Waals surface area contributed by atoms with Gasteiger partial charge in [0.1, 0.15) is 18.3 Å². The summed E-state index contributed by atoms with van der Waals surface area (Å²) in [7, 11) is 0. The molecule has 0 aromatic carbocycles. The average Bonchev–Trinajstić information content (AvgIpc) is 3.02. The lowest BCUT2D eigenvalue weighted by Crippen LogP contribution is -2.67. The Labute approximate surface area is 262 Å². The van der Waals surface area contributed by atoms with E-state index < -0.39 is 36.5 Å². The highest BCUT2D eigenvalue weighted by Gasteiger charge is 2.42. The number of morpholine rings is 1. The minimum absolute atomic E-state index is 0.0331. The molecule has 4 aliphatic rings. The van der Waals surface area contributed by atoms with Gasteiger partial charge in [0.05, 0.1) is 38.0 Å². The quantitative estimate of drug-likeness (QED) is 0.290. The molecule has 250 valence electrons. The number of likely N-dealkylation sites (tertiary alicyclic amines) is 1. The number of hydrogen-bond donors (Lipinski definition) is 4. The topological polar surface area (TPSA) is 124 Å². The molecule has 5 N–H and O–H groups in total. The summed E-state index contributed by atoms with van der Waals surface area (Å²) >= 11 is 0. The summed E-state index contributed by atoms with van der Waals surface area (Å²) in [4.78, 5) is 35.4. The molecule has 0 aromatic heterocycles. The fraction of sp³-hybridized carbons (Fsp3) is 0.844. The molecule has 0 aliphatic carbocycles. The number of alkyl halides is 2. The van der Waals surface area contributed by atoms with Crippen molar-refractivity contribution in [1.82, 2.24) is 25.8 Å². The minimum Gasteiger partial charge on any atom is -0.378 e. The van der Waals surface area contributed by atoms with Crippen LogP contribution in [-0.2, 0) is 14.3 Å². The van der Waals surface area contributed by atoms with Gasteiger partial charge in [0.15, 0.2) is 0 Å². The molecule has 12 heteroatoms. The van der Waals surface area contributed by atoms with Crippen LogP contribution in [0.25, 0.3) is 0 Å². The Morgan fingerprint density at radius 1 is 1.16 bits per heavy atom. The zero-order chi connectivity index (χ0) is 31.6. The molecule has 3 saturated heterocycles. The van der Waals surface area contributed by atoms with Crippen LogP contribution in [0.1, 0.15) is 65.7 Å². The number of aliphatic imine (C=N–C) groups is 1. The monoisotopic (exact) mass is 623 g/mol. The van der Waals surface area contributed by atoms with E-state index in [1.165, 1.54) is 0 Å². The maximum Gasteiger partial charge on any atom is 0.232 e. The van der Waals surface area contributed by atoms with E-state index in [-0.39, 0.29) is 43.2 Å². The van der Waals surface area contributed by atoms with Crippen molar-refractivity contribution in [2.45, 2.75) is 96.3 Å². The first-order valence-corrected chi connectivity index (χ1v) is 16.8. The average molecular weight is 624 g/mol. The number of nitrogens with one attached hydrogen (secondary N) is 3. The summed E-state index contributed by atoms with van der Waals surface area (Å²) in [6.07, 6.45) is 4.57. The highest BCUT2D eigenvalue weighted by molar-refractivity contribution is 6.04. The molecular weight excluding hydrogens is 568 g/mol. The maximum atomic E-state index is 15.5. The van der Waals surface area contributed by atoms with Crippen molar-refractivity contribution in [2.24, 2.45) is 28.5 Å². The van der Waals surface area contributed by atoms with E-state index in [9.17, 15) is 14.0 Å². The van der Waals surface area contributed by atoms with Gasteiger partial charge >= 0.3 is 0 Å². The van der Waals surface area contributed by atoms with Crippen LogP contribution in [0.15, 0.2) is 16.8 Å². The lowest BCUT2D eigenvalue weighted by molar-refractivity contribution is -0.141. The standard InChI is InChI=1S/C32H55F2N7O3/c1-4-5-6-7-21(2)26-9-8-24(33)18-37-22(3)28(30(35)38-26)31(42)39-27-20-36-19-25(34)29(27)40-12-10-23(11-13-40)32(43)41-14-16-44-17-15-41/h9,21,23-25,27-30,36,38H,4-8,10-20,35H2,1-3H3,(H,39,42)/b26-9-,37-22?. The van der Waals surface area contributed by atoms with E-state index in [2.05, 4.69) is 39.7 Å². The first-order chi connectivity index (χ1) is 21.2. The van der Waals surface area contributed by atoms with E-state index in [1.807, 2.05) is 11.0 Å². The Hall–Kier alpha value is -2.15. The van der Waals surface area contributed by atoms with E-state index in [4.69, 9.17) is 10.5 Å². The van der Waals surface area contributed by atoms with Gasteiger partial charge in [-0.2, -0.15) is 0 Å². The van der Waals surface area contributed by atoms with E-state index in [0.29, 0.717) is 64.5 Å². The van der Waals surface area contributed by atoms with Gasteiger partial charge in [0.2, 0.25) is 11.8 Å². The molecule has 44 heavy (non-hydrogen) atoms. The zero-order valence-electron chi connectivity index (χ0n) is 26.9. The predicted molar refractivity (Wildman–Crippen MR) is 169 cm³/mol. The Morgan fingerprint density at radius 2 is 1.89 bits per heavy atom. The number of rotatable bonds is 9. The number of carbonyl (C=O) groups excluding carboxylic acids is 2. The minimum atomic E-state index is -1.18. The normalized spacial score (nSPS) is 33.4.